The molecule has 0 unspecified atom stereocenters. The van der Waals surface area contributed by atoms with Crippen molar-refractivity contribution in [2.75, 3.05) is 6.61 Å². The van der Waals surface area contributed by atoms with Crippen molar-refractivity contribution in [2.24, 2.45) is 0 Å². The van der Waals surface area contributed by atoms with Gasteiger partial charge in [-0.05, 0) is 47.5 Å². The molecule has 1 saturated carbocycles. The van der Waals surface area contributed by atoms with Gasteiger partial charge in [0, 0.05) is 5.92 Å². The normalized spacial score (nSPS) is 14.3. The summed E-state index contributed by atoms with van der Waals surface area (Å²) in [6.45, 7) is -0.350. The molecule has 0 amide bonds. The van der Waals surface area contributed by atoms with Gasteiger partial charge >= 0.3 is 5.97 Å². The number of carbonyl (C=O) groups is 1. The van der Waals surface area contributed by atoms with Gasteiger partial charge in [-0.15, -0.1) is 5.10 Å². The number of nitrogens with zero attached hydrogens (tertiary/aromatic N) is 4. The zero-order valence-electron chi connectivity index (χ0n) is 10.1. The van der Waals surface area contributed by atoms with E-state index in [2.05, 4.69) is 15.5 Å². The maximum Gasteiger partial charge on any atom is 0.341 e. The summed E-state index contributed by atoms with van der Waals surface area (Å²) in [4.78, 5) is 10.4. The number of benzene rings is 1. The van der Waals surface area contributed by atoms with Crippen LogP contribution in [-0.4, -0.2) is 37.9 Å². The van der Waals surface area contributed by atoms with Crippen LogP contribution in [0.4, 0.5) is 0 Å². The molecule has 0 bridgehead atoms. The minimum Gasteiger partial charge on any atom is -0.482 e. The molecule has 1 aromatic heterocycles. The molecule has 7 heteroatoms. The molecule has 3 rings (SSSR count). The average molecular weight is 260 g/mol. The van der Waals surface area contributed by atoms with Gasteiger partial charge in [-0.1, -0.05) is 0 Å². The predicted octanol–water partition coefficient (Wildman–Crippen LogP) is 1.00. The Balaban J connectivity index is 1.78. The van der Waals surface area contributed by atoms with Gasteiger partial charge in [0.25, 0.3) is 0 Å². The van der Waals surface area contributed by atoms with Crippen molar-refractivity contribution < 1.29 is 14.6 Å². The van der Waals surface area contributed by atoms with Crippen LogP contribution in [0.3, 0.4) is 0 Å². The van der Waals surface area contributed by atoms with Gasteiger partial charge in [-0.3, -0.25) is 0 Å². The van der Waals surface area contributed by atoms with Crippen LogP contribution in [0.25, 0.3) is 5.69 Å². The highest BCUT2D eigenvalue weighted by Gasteiger charge is 2.29. The molecule has 0 saturated heterocycles. The number of ether oxygens (including phenoxy) is 1. The number of carboxylic acids is 1. The highest BCUT2D eigenvalue weighted by atomic mass is 16.5. The first-order valence-corrected chi connectivity index (χ1v) is 5.97. The molecule has 1 aliphatic rings. The van der Waals surface area contributed by atoms with E-state index < -0.39 is 5.97 Å². The van der Waals surface area contributed by atoms with Crippen molar-refractivity contribution in [3.8, 4) is 11.4 Å². The first kappa shape index (κ1) is 11.6. The molecule has 1 aliphatic carbocycles. The minimum atomic E-state index is -0.999. The molecule has 1 fully saturated rings. The fourth-order valence-corrected chi connectivity index (χ4v) is 1.80. The Labute approximate surface area is 108 Å². The van der Waals surface area contributed by atoms with Gasteiger partial charge in [0.15, 0.2) is 12.4 Å². The molecule has 0 atom stereocenters. The number of aromatic nitrogens is 4. The lowest BCUT2D eigenvalue weighted by Gasteiger charge is -2.06. The summed E-state index contributed by atoms with van der Waals surface area (Å²) in [7, 11) is 0. The van der Waals surface area contributed by atoms with Gasteiger partial charge in [0.2, 0.25) is 0 Å². The summed E-state index contributed by atoms with van der Waals surface area (Å²) in [6, 6.07) is 7.02. The molecule has 1 N–H and O–H groups in total. The number of aliphatic carboxylic acids is 1. The lowest BCUT2D eigenvalue weighted by molar-refractivity contribution is -0.139. The zero-order valence-corrected chi connectivity index (χ0v) is 10.1. The van der Waals surface area contributed by atoms with Crippen molar-refractivity contribution in [1.29, 1.82) is 0 Å². The molecule has 0 radical (unpaired) electrons. The van der Waals surface area contributed by atoms with E-state index in [4.69, 9.17) is 9.84 Å². The molecule has 0 aliphatic heterocycles. The summed E-state index contributed by atoms with van der Waals surface area (Å²) < 4.78 is 6.78. The lowest BCUT2D eigenvalue weighted by atomic mass is 10.3. The van der Waals surface area contributed by atoms with Gasteiger partial charge < -0.3 is 9.84 Å². The average Bonchev–Trinajstić information content (AvgIpc) is 3.15. The molecule has 1 heterocycles. The van der Waals surface area contributed by atoms with E-state index in [0.717, 1.165) is 24.4 Å². The maximum atomic E-state index is 10.4. The maximum absolute atomic E-state index is 10.4. The Hall–Kier alpha value is -2.44. The summed E-state index contributed by atoms with van der Waals surface area (Å²) in [6.07, 6.45) is 2.25. The van der Waals surface area contributed by atoms with E-state index in [0.29, 0.717) is 11.7 Å². The Morgan fingerprint density at radius 1 is 1.37 bits per heavy atom. The largest absolute Gasteiger partial charge is 0.482 e. The monoisotopic (exact) mass is 260 g/mol. The number of hydrogen-bond donors (Lipinski definition) is 1. The summed E-state index contributed by atoms with van der Waals surface area (Å²) >= 11 is 0. The van der Waals surface area contributed by atoms with Crippen LogP contribution in [0, 0.1) is 0 Å². The van der Waals surface area contributed by atoms with E-state index in [1.54, 1.807) is 28.9 Å². The van der Waals surface area contributed by atoms with Gasteiger partial charge in [-0.2, -0.15) is 4.68 Å². The van der Waals surface area contributed by atoms with E-state index in [1.165, 1.54) is 0 Å². The van der Waals surface area contributed by atoms with Crippen LogP contribution in [0.15, 0.2) is 24.3 Å². The van der Waals surface area contributed by atoms with Gasteiger partial charge in [-0.25, -0.2) is 4.79 Å². The number of hydrogen-bond acceptors (Lipinski definition) is 5. The molecule has 2 aromatic rings. The number of tetrazole rings is 1. The smallest absolute Gasteiger partial charge is 0.341 e. The predicted molar refractivity (Wildman–Crippen MR) is 64.3 cm³/mol. The molecule has 98 valence electrons. The van der Waals surface area contributed by atoms with Crippen LogP contribution in [0.2, 0.25) is 0 Å². The Morgan fingerprint density at radius 3 is 2.74 bits per heavy atom. The molecule has 0 spiro atoms. The molecular formula is C12H12N4O3. The van der Waals surface area contributed by atoms with Gasteiger partial charge in [0.05, 0.1) is 5.69 Å². The molecule has 7 nitrogen and oxygen atoms in total. The van der Waals surface area contributed by atoms with Crippen LogP contribution in [-0.2, 0) is 4.79 Å². The quantitative estimate of drug-likeness (QED) is 0.862. The fraction of sp³-hybridized carbons (Fsp3) is 0.333. The van der Waals surface area contributed by atoms with Crippen molar-refractivity contribution in [3.63, 3.8) is 0 Å². The molecule has 1 aromatic carbocycles. The highest BCUT2D eigenvalue weighted by Crippen LogP contribution is 2.39. The van der Waals surface area contributed by atoms with E-state index in [9.17, 15) is 4.79 Å². The van der Waals surface area contributed by atoms with E-state index in [1.807, 2.05) is 0 Å². The zero-order chi connectivity index (χ0) is 13.2. The van der Waals surface area contributed by atoms with Gasteiger partial charge in [0.1, 0.15) is 5.75 Å². The van der Waals surface area contributed by atoms with Crippen molar-refractivity contribution >= 4 is 5.97 Å². The second-order valence-corrected chi connectivity index (χ2v) is 4.40. The number of rotatable bonds is 5. The minimum absolute atomic E-state index is 0.350. The third-order valence-corrected chi connectivity index (χ3v) is 2.88. The lowest BCUT2D eigenvalue weighted by Crippen LogP contribution is -2.09. The van der Waals surface area contributed by atoms with E-state index >= 15 is 0 Å². The van der Waals surface area contributed by atoms with Crippen molar-refractivity contribution in [1.82, 2.24) is 20.2 Å². The number of carboxylic acid groups (broad SMARTS) is 1. The Bertz CT molecular complexity index is 589. The van der Waals surface area contributed by atoms with Crippen LogP contribution in [0.5, 0.6) is 5.75 Å². The standard InChI is InChI=1S/C12H12N4O3/c17-11(18)7-19-10-5-3-9(4-6-10)16-12(8-1-2-8)13-14-15-16/h3-6,8H,1-2,7H2,(H,17,18). The summed E-state index contributed by atoms with van der Waals surface area (Å²) in [5, 5.41) is 20.2. The Kier molecular flexibility index (Phi) is 2.86. The van der Waals surface area contributed by atoms with Crippen LogP contribution >= 0.6 is 0 Å². The third-order valence-electron chi connectivity index (χ3n) is 2.88. The molecular weight excluding hydrogens is 248 g/mol. The first-order valence-electron chi connectivity index (χ1n) is 5.97. The SMILES string of the molecule is O=C(O)COc1ccc(-n2nnnc2C2CC2)cc1. The summed E-state index contributed by atoms with van der Waals surface area (Å²) in [5.74, 6) is 0.838. The van der Waals surface area contributed by atoms with Crippen molar-refractivity contribution in [3.05, 3.63) is 30.1 Å². The summed E-state index contributed by atoms with van der Waals surface area (Å²) in [5.41, 5.74) is 0.842. The second-order valence-electron chi connectivity index (χ2n) is 4.40. The first-order chi connectivity index (χ1) is 9.24. The highest BCUT2D eigenvalue weighted by molar-refractivity contribution is 5.68. The third kappa shape index (κ3) is 2.54. The fourth-order valence-electron chi connectivity index (χ4n) is 1.80. The molecule has 19 heavy (non-hydrogen) atoms. The topological polar surface area (TPSA) is 90.1 Å². The van der Waals surface area contributed by atoms with Crippen molar-refractivity contribution in [2.45, 2.75) is 18.8 Å². The van der Waals surface area contributed by atoms with Crippen LogP contribution < -0.4 is 4.74 Å². The van der Waals surface area contributed by atoms with E-state index in [-0.39, 0.29) is 6.61 Å². The Morgan fingerprint density at radius 2 is 2.11 bits per heavy atom. The second kappa shape index (κ2) is 4.68. The van der Waals surface area contributed by atoms with Crippen LogP contribution in [0.1, 0.15) is 24.6 Å².